The largest absolute Gasteiger partial charge is 0.495 e. The van der Waals surface area contributed by atoms with Crippen LogP contribution in [0.4, 0.5) is 18.9 Å². The smallest absolute Gasteiger partial charge is 0.422 e. The van der Waals surface area contributed by atoms with Gasteiger partial charge < -0.3 is 24.8 Å². The van der Waals surface area contributed by atoms with E-state index in [1.807, 2.05) is 6.92 Å². The summed E-state index contributed by atoms with van der Waals surface area (Å²) in [5, 5.41) is 5.38. The third-order valence-corrected chi connectivity index (χ3v) is 7.50. The molecule has 236 valence electrons. The second-order valence-corrected chi connectivity index (χ2v) is 10.9. The van der Waals surface area contributed by atoms with Crippen molar-refractivity contribution < 1.29 is 37.0 Å². The number of benzene rings is 1. The molecular weight excluding hydrogens is 605 g/mol. The van der Waals surface area contributed by atoms with E-state index in [0.717, 1.165) is 25.3 Å². The Hall–Kier alpha value is -4.10. The number of nitrogens with zero attached hydrogens (tertiary/aromatic N) is 2. The molecule has 1 aliphatic carbocycles. The number of amides is 2. The van der Waals surface area contributed by atoms with E-state index in [1.165, 1.54) is 61.5 Å². The normalized spacial score (nSPS) is 14.7. The van der Waals surface area contributed by atoms with Crippen molar-refractivity contribution in [1.29, 1.82) is 0 Å². The van der Waals surface area contributed by atoms with Crippen molar-refractivity contribution in [2.45, 2.75) is 50.4 Å². The molecule has 44 heavy (non-hydrogen) atoms. The van der Waals surface area contributed by atoms with E-state index in [0.29, 0.717) is 5.69 Å². The number of hydrogen-bond donors (Lipinski definition) is 2. The molecule has 0 aliphatic heterocycles. The first kappa shape index (κ1) is 32.8. The van der Waals surface area contributed by atoms with Crippen molar-refractivity contribution in [2.75, 3.05) is 32.7 Å². The lowest BCUT2D eigenvalue weighted by molar-refractivity contribution is -0.153. The molecular formula is C30H32ClF3N4O6. The molecule has 0 saturated heterocycles. The molecule has 1 fully saturated rings. The van der Waals surface area contributed by atoms with Crippen molar-refractivity contribution in [3.63, 3.8) is 0 Å². The molecule has 14 heteroatoms. The van der Waals surface area contributed by atoms with E-state index in [2.05, 4.69) is 15.6 Å². The summed E-state index contributed by atoms with van der Waals surface area (Å²) < 4.78 is 56.5. The van der Waals surface area contributed by atoms with Crippen LogP contribution >= 0.6 is 11.6 Å². The number of methoxy groups -OCH3 is 1. The highest BCUT2D eigenvalue weighted by molar-refractivity contribution is 6.31. The van der Waals surface area contributed by atoms with Crippen molar-refractivity contribution in [3.8, 4) is 22.6 Å². The SMILES string of the molecule is CNC(=O)c1ccc(NC(=O)C(CCOC2(C)CCC2)n2cc(OC)c(-c3cc(Cl)ccc3OCC(F)(F)F)cc2=O)cn1. The number of alkyl halides is 3. The maximum atomic E-state index is 13.6. The number of ether oxygens (including phenoxy) is 3. The van der Waals surface area contributed by atoms with Crippen LogP contribution in [-0.2, 0) is 9.53 Å². The minimum absolute atomic E-state index is 0.0880. The monoisotopic (exact) mass is 636 g/mol. The molecule has 1 unspecified atom stereocenters. The molecule has 0 bridgehead atoms. The van der Waals surface area contributed by atoms with Gasteiger partial charge in [-0.25, -0.2) is 4.98 Å². The fourth-order valence-electron chi connectivity index (χ4n) is 4.73. The molecule has 10 nitrogen and oxygen atoms in total. The number of hydrogen-bond acceptors (Lipinski definition) is 7. The Morgan fingerprint density at radius 1 is 1.14 bits per heavy atom. The summed E-state index contributed by atoms with van der Waals surface area (Å²) in [6.45, 7) is 0.600. The highest BCUT2D eigenvalue weighted by atomic mass is 35.5. The van der Waals surface area contributed by atoms with E-state index < -0.39 is 36.2 Å². The van der Waals surface area contributed by atoms with Crippen LogP contribution in [0.1, 0.15) is 49.1 Å². The Morgan fingerprint density at radius 2 is 1.86 bits per heavy atom. The van der Waals surface area contributed by atoms with Crippen LogP contribution in [0.2, 0.25) is 5.02 Å². The molecule has 4 rings (SSSR count). The number of pyridine rings is 2. The Bertz CT molecular complexity index is 1560. The Kier molecular flexibility index (Phi) is 10.2. The summed E-state index contributed by atoms with van der Waals surface area (Å²) in [5.41, 5.74) is -0.258. The fraction of sp³-hybridized carbons (Fsp3) is 0.400. The van der Waals surface area contributed by atoms with Gasteiger partial charge in [-0.3, -0.25) is 19.0 Å². The lowest BCUT2D eigenvalue weighted by atomic mass is 9.82. The summed E-state index contributed by atoms with van der Waals surface area (Å²) >= 11 is 6.14. The van der Waals surface area contributed by atoms with Gasteiger partial charge in [0.15, 0.2) is 6.61 Å². The zero-order valence-corrected chi connectivity index (χ0v) is 25.1. The zero-order valence-electron chi connectivity index (χ0n) is 24.3. The molecule has 1 aliphatic rings. The van der Waals surface area contributed by atoms with Gasteiger partial charge in [0.2, 0.25) is 5.91 Å². The quantitative estimate of drug-likeness (QED) is 0.273. The topological polar surface area (TPSA) is 121 Å². The summed E-state index contributed by atoms with van der Waals surface area (Å²) in [5.74, 6) is -1.03. The molecule has 1 atom stereocenters. The Balaban J connectivity index is 1.68. The van der Waals surface area contributed by atoms with E-state index in [9.17, 15) is 27.6 Å². The molecule has 0 spiro atoms. The molecule has 2 heterocycles. The first-order valence-corrected chi connectivity index (χ1v) is 14.1. The molecule has 2 N–H and O–H groups in total. The number of rotatable bonds is 12. The van der Waals surface area contributed by atoms with Gasteiger partial charge in [-0.05, 0) is 56.5 Å². The lowest BCUT2D eigenvalue weighted by Crippen LogP contribution is -2.38. The summed E-state index contributed by atoms with van der Waals surface area (Å²) in [6.07, 6.45) is 0.957. The molecule has 2 amide bonds. The van der Waals surface area contributed by atoms with Crippen molar-refractivity contribution >= 4 is 29.1 Å². The molecule has 0 radical (unpaired) electrons. The van der Waals surface area contributed by atoms with Gasteiger partial charge in [0.25, 0.3) is 11.5 Å². The number of halogens is 4. The van der Waals surface area contributed by atoms with E-state index in [-0.39, 0.29) is 52.0 Å². The first-order valence-electron chi connectivity index (χ1n) is 13.7. The van der Waals surface area contributed by atoms with Gasteiger partial charge in [-0.1, -0.05) is 11.6 Å². The van der Waals surface area contributed by atoms with E-state index in [4.69, 9.17) is 25.8 Å². The number of carbonyl (C=O) groups is 2. The maximum absolute atomic E-state index is 13.6. The van der Waals surface area contributed by atoms with Crippen LogP contribution in [0.15, 0.2) is 53.6 Å². The molecule has 1 aromatic carbocycles. The number of carbonyl (C=O) groups excluding carboxylic acids is 2. The summed E-state index contributed by atoms with van der Waals surface area (Å²) in [6, 6.07) is 7.02. The number of anilines is 1. The minimum Gasteiger partial charge on any atom is -0.495 e. The van der Waals surface area contributed by atoms with E-state index in [1.54, 1.807) is 0 Å². The molecule has 3 aromatic rings. The summed E-state index contributed by atoms with van der Waals surface area (Å²) in [4.78, 5) is 43.0. The Labute approximate surface area is 256 Å². The third-order valence-electron chi connectivity index (χ3n) is 7.27. The second-order valence-electron chi connectivity index (χ2n) is 10.5. The van der Waals surface area contributed by atoms with Crippen molar-refractivity contribution in [2.24, 2.45) is 0 Å². The highest BCUT2D eigenvalue weighted by Gasteiger charge is 2.34. The first-order chi connectivity index (χ1) is 20.8. The average Bonchev–Trinajstić information content (AvgIpc) is 2.97. The summed E-state index contributed by atoms with van der Waals surface area (Å²) in [7, 11) is 2.79. The van der Waals surface area contributed by atoms with Crippen LogP contribution in [0.3, 0.4) is 0 Å². The van der Waals surface area contributed by atoms with Crippen LogP contribution in [0.25, 0.3) is 11.1 Å². The van der Waals surface area contributed by atoms with Gasteiger partial charge in [0.05, 0.1) is 30.8 Å². The predicted octanol–water partition coefficient (Wildman–Crippen LogP) is 5.40. The molecule has 2 aromatic heterocycles. The van der Waals surface area contributed by atoms with Gasteiger partial charge in [0, 0.05) is 42.3 Å². The van der Waals surface area contributed by atoms with Gasteiger partial charge >= 0.3 is 6.18 Å². The van der Waals surface area contributed by atoms with Crippen molar-refractivity contribution in [1.82, 2.24) is 14.9 Å². The number of aromatic nitrogens is 2. The van der Waals surface area contributed by atoms with Crippen LogP contribution < -0.4 is 25.7 Å². The average molecular weight is 637 g/mol. The van der Waals surface area contributed by atoms with Gasteiger partial charge in [-0.2, -0.15) is 13.2 Å². The van der Waals surface area contributed by atoms with Gasteiger partial charge in [-0.15, -0.1) is 0 Å². The third kappa shape index (κ3) is 8.08. The van der Waals surface area contributed by atoms with Crippen LogP contribution in [0, 0.1) is 0 Å². The predicted molar refractivity (Wildman–Crippen MR) is 157 cm³/mol. The van der Waals surface area contributed by atoms with Crippen molar-refractivity contribution in [3.05, 3.63) is 69.9 Å². The fourth-order valence-corrected chi connectivity index (χ4v) is 4.90. The zero-order chi connectivity index (χ0) is 32.1. The molecule has 1 saturated carbocycles. The highest BCUT2D eigenvalue weighted by Crippen LogP contribution is 2.39. The van der Waals surface area contributed by atoms with Crippen LogP contribution in [0.5, 0.6) is 11.5 Å². The lowest BCUT2D eigenvalue weighted by Gasteiger charge is -2.38. The number of nitrogens with one attached hydrogen (secondary N) is 2. The van der Waals surface area contributed by atoms with Gasteiger partial charge in [0.1, 0.15) is 23.2 Å². The van der Waals surface area contributed by atoms with E-state index >= 15 is 0 Å². The maximum Gasteiger partial charge on any atom is 0.422 e. The standard InChI is InChI=1S/C30H32ClF3N4O6/c1-29(10-4-11-29)44-12-9-23(28(41)37-19-6-7-22(36-15-19)27(40)35-2)38-16-25(42-3)21(14-26(38)39)20-13-18(31)5-8-24(20)43-17-30(32,33)34/h5-8,13-16,23H,4,9-12,17H2,1-3H3,(H,35,40)(H,37,41). The minimum atomic E-state index is -4.60. The van der Waals surface area contributed by atoms with Crippen LogP contribution in [-0.4, -0.2) is 60.5 Å². The Morgan fingerprint density at radius 3 is 2.45 bits per heavy atom. The second kappa shape index (κ2) is 13.7.